The van der Waals surface area contributed by atoms with Gasteiger partial charge in [-0.1, -0.05) is 13.8 Å². The van der Waals surface area contributed by atoms with E-state index in [2.05, 4.69) is 32.6 Å². The van der Waals surface area contributed by atoms with E-state index in [0.29, 0.717) is 0 Å². The van der Waals surface area contributed by atoms with E-state index in [-0.39, 0.29) is 0 Å². The normalized spacial score (nSPS) is 39.7. The number of nitrogens with zero attached hydrogens (tertiary/aromatic N) is 1. The molecular formula is C12H23N. The van der Waals surface area contributed by atoms with E-state index in [1.54, 1.807) is 0 Å². The smallest absolute Gasteiger partial charge is 0.00387 e. The van der Waals surface area contributed by atoms with Gasteiger partial charge in [-0.25, -0.2) is 0 Å². The predicted molar refractivity (Wildman–Crippen MR) is 56.7 cm³/mol. The van der Waals surface area contributed by atoms with E-state index in [4.69, 9.17) is 0 Å². The van der Waals surface area contributed by atoms with Gasteiger partial charge in [-0.15, -0.1) is 0 Å². The summed E-state index contributed by atoms with van der Waals surface area (Å²) >= 11 is 0. The summed E-state index contributed by atoms with van der Waals surface area (Å²) in [4.78, 5) is 2.65. The lowest BCUT2D eigenvalue weighted by molar-refractivity contribution is 0.121. The van der Waals surface area contributed by atoms with Gasteiger partial charge in [-0.2, -0.15) is 0 Å². The third-order valence-electron chi connectivity index (χ3n) is 4.48. The molecule has 1 nitrogen and oxygen atoms in total. The van der Waals surface area contributed by atoms with Crippen molar-refractivity contribution in [2.45, 2.75) is 46.6 Å². The van der Waals surface area contributed by atoms with Crippen molar-refractivity contribution in [1.29, 1.82) is 0 Å². The highest BCUT2D eigenvalue weighted by Gasteiger charge is 2.57. The molecule has 2 fully saturated rings. The number of piperidine rings is 1. The predicted octanol–water partition coefficient (Wildman–Crippen LogP) is 2.76. The molecule has 0 amide bonds. The Hall–Kier alpha value is -0.0400. The zero-order chi connectivity index (χ0) is 9.64. The lowest BCUT2D eigenvalue weighted by atomic mass is 9.84. The summed E-state index contributed by atoms with van der Waals surface area (Å²) in [5.41, 5.74) is 0.769. The molecule has 0 spiro atoms. The quantitative estimate of drug-likeness (QED) is 0.633. The number of fused-ring (bicyclic) bond motifs is 1. The molecule has 2 aliphatic rings. The number of hydrogen-bond donors (Lipinski definition) is 0. The second kappa shape index (κ2) is 2.98. The van der Waals surface area contributed by atoms with Crippen LogP contribution in [-0.4, -0.2) is 24.0 Å². The van der Waals surface area contributed by atoms with E-state index < -0.39 is 0 Å². The zero-order valence-electron chi connectivity index (χ0n) is 9.51. The number of hydrogen-bond acceptors (Lipinski definition) is 1. The molecule has 0 bridgehead atoms. The Bertz CT molecular complexity index is 197. The van der Waals surface area contributed by atoms with E-state index >= 15 is 0 Å². The molecule has 0 N–H and O–H groups in total. The van der Waals surface area contributed by atoms with Crippen molar-refractivity contribution < 1.29 is 0 Å². The molecule has 1 aliphatic heterocycles. The van der Waals surface area contributed by atoms with E-state index in [1.165, 1.54) is 25.9 Å². The average Bonchev–Trinajstić information content (AvgIpc) is 2.77. The highest BCUT2D eigenvalue weighted by Crippen LogP contribution is 2.62. The summed E-state index contributed by atoms with van der Waals surface area (Å²) in [5, 5.41) is 0. The summed E-state index contributed by atoms with van der Waals surface area (Å²) in [7, 11) is 0. The van der Waals surface area contributed by atoms with Gasteiger partial charge in [0.15, 0.2) is 0 Å². The second-order valence-corrected chi connectivity index (χ2v) is 5.63. The Kier molecular flexibility index (Phi) is 2.18. The third kappa shape index (κ3) is 1.41. The summed E-state index contributed by atoms with van der Waals surface area (Å²) in [6.45, 7) is 12.2. The zero-order valence-corrected chi connectivity index (χ0v) is 9.51. The van der Waals surface area contributed by atoms with Crippen molar-refractivity contribution in [2.24, 2.45) is 17.3 Å². The summed E-state index contributed by atoms with van der Waals surface area (Å²) in [6, 6.07) is 0.755. The van der Waals surface area contributed by atoms with E-state index in [1.807, 2.05) is 0 Å². The minimum Gasteiger partial charge on any atom is -0.301 e. The SMILES string of the molecule is CC(C)N1CCC2(C(C)C)CC2C1. The molecule has 2 unspecified atom stereocenters. The maximum Gasteiger partial charge on any atom is 0.00387 e. The molecule has 1 saturated heterocycles. The molecule has 13 heavy (non-hydrogen) atoms. The van der Waals surface area contributed by atoms with Gasteiger partial charge >= 0.3 is 0 Å². The first-order chi connectivity index (χ1) is 6.06. The van der Waals surface area contributed by atoms with Crippen molar-refractivity contribution in [2.75, 3.05) is 13.1 Å². The first kappa shape index (κ1) is 9.51. The molecule has 0 aromatic heterocycles. The fourth-order valence-electron chi connectivity index (χ4n) is 3.14. The van der Waals surface area contributed by atoms with Crippen molar-refractivity contribution in [3.63, 3.8) is 0 Å². The molecule has 1 saturated carbocycles. The second-order valence-electron chi connectivity index (χ2n) is 5.63. The molecule has 2 atom stereocenters. The van der Waals surface area contributed by atoms with Crippen LogP contribution in [-0.2, 0) is 0 Å². The van der Waals surface area contributed by atoms with Crippen LogP contribution in [0.4, 0.5) is 0 Å². The van der Waals surface area contributed by atoms with Gasteiger partial charge in [-0.05, 0) is 50.5 Å². The van der Waals surface area contributed by atoms with Gasteiger partial charge in [0.25, 0.3) is 0 Å². The Morgan fingerprint density at radius 2 is 1.92 bits per heavy atom. The monoisotopic (exact) mass is 181 g/mol. The van der Waals surface area contributed by atoms with Crippen molar-refractivity contribution >= 4 is 0 Å². The fourth-order valence-corrected chi connectivity index (χ4v) is 3.14. The van der Waals surface area contributed by atoms with Crippen LogP contribution < -0.4 is 0 Å². The van der Waals surface area contributed by atoms with Crippen LogP contribution in [0.5, 0.6) is 0 Å². The molecule has 2 rings (SSSR count). The number of likely N-dealkylation sites (tertiary alicyclic amines) is 1. The molecule has 1 aliphatic carbocycles. The van der Waals surface area contributed by atoms with Crippen molar-refractivity contribution in [3.8, 4) is 0 Å². The summed E-state index contributed by atoms with van der Waals surface area (Å²) < 4.78 is 0. The maximum atomic E-state index is 2.65. The summed E-state index contributed by atoms with van der Waals surface area (Å²) in [6.07, 6.45) is 2.96. The van der Waals surface area contributed by atoms with Crippen molar-refractivity contribution in [3.05, 3.63) is 0 Å². The van der Waals surface area contributed by atoms with Crippen LogP contribution in [0.2, 0.25) is 0 Å². The van der Waals surface area contributed by atoms with Gasteiger partial charge in [-0.3, -0.25) is 0 Å². The highest BCUT2D eigenvalue weighted by molar-refractivity contribution is 5.08. The average molecular weight is 181 g/mol. The van der Waals surface area contributed by atoms with Crippen LogP contribution in [0.25, 0.3) is 0 Å². The van der Waals surface area contributed by atoms with Crippen LogP contribution in [0.3, 0.4) is 0 Å². The van der Waals surface area contributed by atoms with Crippen LogP contribution in [0, 0.1) is 17.3 Å². The number of rotatable bonds is 2. The van der Waals surface area contributed by atoms with Crippen LogP contribution in [0.15, 0.2) is 0 Å². The van der Waals surface area contributed by atoms with Crippen LogP contribution >= 0.6 is 0 Å². The molecular weight excluding hydrogens is 158 g/mol. The van der Waals surface area contributed by atoms with Gasteiger partial charge in [0.1, 0.15) is 0 Å². The lowest BCUT2D eigenvalue weighted by Crippen LogP contribution is -2.40. The first-order valence-electron chi connectivity index (χ1n) is 5.80. The third-order valence-corrected chi connectivity index (χ3v) is 4.48. The van der Waals surface area contributed by atoms with Gasteiger partial charge in [0.2, 0.25) is 0 Å². The fraction of sp³-hybridized carbons (Fsp3) is 1.00. The molecule has 0 aromatic carbocycles. The molecule has 0 radical (unpaired) electrons. The topological polar surface area (TPSA) is 3.24 Å². The molecule has 1 heteroatoms. The van der Waals surface area contributed by atoms with Gasteiger partial charge in [0, 0.05) is 12.6 Å². The van der Waals surface area contributed by atoms with E-state index in [9.17, 15) is 0 Å². The Morgan fingerprint density at radius 3 is 2.38 bits per heavy atom. The Labute approximate surface area is 82.5 Å². The minimum absolute atomic E-state index is 0.755. The highest BCUT2D eigenvalue weighted by atomic mass is 15.2. The molecule has 1 heterocycles. The van der Waals surface area contributed by atoms with Gasteiger partial charge in [0.05, 0.1) is 0 Å². The maximum absolute atomic E-state index is 2.65. The van der Waals surface area contributed by atoms with E-state index in [0.717, 1.165) is 23.3 Å². The minimum atomic E-state index is 0.755. The largest absolute Gasteiger partial charge is 0.301 e. The Balaban J connectivity index is 1.95. The Morgan fingerprint density at radius 1 is 1.23 bits per heavy atom. The van der Waals surface area contributed by atoms with Crippen LogP contribution in [0.1, 0.15) is 40.5 Å². The van der Waals surface area contributed by atoms with Crippen molar-refractivity contribution in [1.82, 2.24) is 4.90 Å². The van der Waals surface area contributed by atoms with Gasteiger partial charge < -0.3 is 4.90 Å². The molecule has 76 valence electrons. The lowest BCUT2D eigenvalue weighted by Gasteiger charge is -2.36. The molecule has 0 aromatic rings. The summed E-state index contributed by atoms with van der Waals surface area (Å²) in [5.74, 6) is 1.94. The first-order valence-corrected chi connectivity index (χ1v) is 5.80. The standard InChI is InChI=1S/C12H23N/c1-9(2)12-5-6-13(10(3)4)8-11(12)7-12/h9-11H,5-8H2,1-4H3.